The molecule has 4 N–H and O–H groups in total. The van der Waals surface area contributed by atoms with E-state index >= 15 is 0 Å². The average molecular weight is 537 g/mol. The summed E-state index contributed by atoms with van der Waals surface area (Å²) in [6, 6.07) is 8.00. The van der Waals surface area contributed by atoms with Crippen LogP contribution in [-0.2, 0) is 27.3 Å². The minimum atomic E-state index is -0.131. The number of carbonyl (C=O) groups excluding carboxylic acids is 3. The van der Waals surface area contributed by atoms with Gasteiger partial charge in [0, 0.05) is 57.1 Å². The van der Waals surface area contributed by atoms with E-state index in [0.29, 0.717) is 18.9 Å². The number of benzene rings is 1. The zero-order valence-electron chi connectivity index (χ0n) is 23.6. The molecule has 1 aromatic carbocycles. The summed E-state index contributed by atoms with van der Waals surface area (Å²) in [5.41, 5.74) is 8.92. The number of anilines is 1. The lowest BCUT2D eigenvalue weighted by molar-refractivity contribution is -0.127. The maximum atomic E-state index is 12.2. The molecule has 0 saturated carbocycles. The molecule has 2 heterocycles. The van der Waals surface area contributed by atoms with Crippen LogP contribution < -0.4 is 16.4 Å². The van der Waals surface area contributed by atoms with E-state index in [1.54, 1.807) is 0 Å². The standard InChI is InChI=1S/C30H44N6O3/c1-3-5-9-19-32-26(38)17-15-22(37)16-18-27(39)33-20-10-11-21-36-25(14-6-4-2)35-28-29(36)23-12-7-8-13-24(23)34-30(28)31/h7-8,12-13H,3-6,9-11,14-21H2,1-2H3,(H2,31,34)(H,32,38)(H,33,39). The Labute approximate surface area is 231 Å². The molecule has 39 heavy (non-hydrogen) atoms. The van der Waals surface area contributed by atoms with E-state index in [1.165, 1.54) is 0 Å². The third-order valence-electron chi connectivity index (χ3n) is 6.94. The van der Waals surface area contributed by atoms with Crippen LogP contribution in [0.15, 0.2) is 24.3 Å². The highest BCUT2D eigenvalue weighted by molar-refractivity contribution is 6.06. The number of pyridine rings is 1. The number of nitrogen functional groups attached to an aromatic ring is 1. The lowest BCUT2D eigenvalue weighted by atomic mass is 10.1. The molecular weight excluding hydrogens is 492 g/mol. The van der Waals surface area contributed by atoms with Gasteiger partial charge in [0.15, 0.2) is 5.82 Å². The number of ketones is 1. The van der Waals surface area contributed by atoms with Gasteiger partial charge >= 0.3 is 0 Å². The topological polar surface area (TPSA) is 132 Å². The first-order valence-corrected chi connectivity index (χ1v) is 14.5. The van der Waals surface area contributed by atoms with E-state index in [0.717, 1.165) is 85.7 Å². The molecule has 9 nitrogen and oxygen atoms in total. The van der Waals surface area contributed by atoms with Crippen molar-refractivity contribution in [1.82, 2.24) is 25.2 Å². The molecule has 0 saturated heterocycles. The van der Waals surface area contributed by atoms with Crippen molar-refractivity contribution in [3.8, 4) is 0 Å². The van der Waals surface area contributed by atoms with Crippen molar-refractivity contribution in [3.05, 3.63) is 30.1 Å². The number of nitrogens with two attached hydrogens (primary N) is 1. The van der Waals surface area contributed by atoms with Crippen LogP contribution in [0.1, 0.15) is 90.3 Å². The van der Waals surface area contributed by atoms with Crippen LogP contribution in [0.2, 0.25) is 0 Å². The maximum absolute atomic E-state index is 12.2. The molecule has 0 aliphatic heterocycles. The van der Waals surface area contributed by atoms with Crippen LogP contribution >= 0.6 is 0 Å². The van der Waals surface area contributed by atoms with Gasteiger partial charge in [-0.05, 0) is 31.7 Å². The lowest BCUT2D eigenvalue weighted by Gasteiger charge is -2.11. The van der Waals surface area contributed by atoms with Crippen molar-refractivity contribution in [1.29, 1.82) is 0 Å². The SMILES string of the molecule is CCCCCNC(=O)CCC(=O)CCC(=O)NCCCCn1c(CCCC)nc2c(N)nc3ccccc3c21. The van der Waals surface area contributed by atoms with E-state index in [1.807, 2.05) is 18.2 Å². The Balaban J connectivity index is 1.44. The number of nitrogens with zero attached hydrogens (tertiary/aromatic N) is 3. The molecule has 0 aliphatic rings. The quantitative estimate of drug-likeness (QED) is 0.199. The molecule has 0 radical (unpaired) electrons. The van der Waals surface area contributed by atoms with Gasteiger partial charge in [0.2, 0.25) is 11.8 Å². The van der Waals surface area contributed by atoms with E-state index < -0.39 is 0 Å². The van der Waals surface area contributed by atoms with Crippen molar-refractivity contribution in [3.63, 3.8) is 0 Å². The van der Waals surface area contributed by atoms with Crippen LogP contribution in [0, 0.1) is 0 Å². The van der Waals surface area contributed by atoms with Crippen LogP contribution in [-0.4, -0.2) is 45.2 Å². The van der Waals surface area contributed by atoms with Gasteiger partial charge < -0.3 is 20.9 Å². The number of para-hydroxylation sites is 1. The molecule has 212 valence electrons. The Morgan fingerprint density at radius 1 is 0.821 bits per heavy atom. The third kappa shape index (κ3) is 9.04. The molecule has 2 aromatic heterocycles. The number of fused-ring (bicyclic) bond motifs is 3. The molecule has 0 unspecified atom stereocenters. The molecule has 0 spiro atoms. The van der Waals surface area contributed by atoms with Crippen LogP contribution in [0.25, 0.3) is 21.9 Å². The number of aromatic nitrogens is 3. The number of unbranched alkanes of at least 4 members (excludes halogenated alkanes) is 4. The second-order valence-electron chi connectivity index (χ2n) is 10.1. The summed E-state index contributed by atoms with van der Waals surface area (Å²) in [4.78, 5) is 45.5. The summed E-state index contributed by atoms with van der Waals surface area (Å²) in [6.07, 6.45) is 8.52. The van der Waals surface area contributed by atoms with Gasteiger partial charge in [-0.25, -0.2) is 9.97 Å². The first-order chi connectivity index (χ1) is 18.9. The minimum Gasteiger partial charge on any atom is -0.382 e. The van der Waals surface area contributed by atoms with E-state index in [2.05, 4.69) is 40.1 Å². The van der Waals surface area contributed by atoms with Crippen molar-refractivity contribution in [2.45, 2.75) is 97.4 Å². The highest BCUT2D eigenvalue weighted by Crippen LogP contribution is 2.29. The second kappa shape index (κ2) is 15.8. The Bertz CT molecular complexity index is 1250. The van der Waals surface area contributed by atoms with Crippen LogP contribution in [0.5, 0.6) is 0 Å². The predicted molar refractivity (Wildman–Crippen MR) is 156 cm³/mol. The number of Topliss-reactive ketones (excluding diaryl/α,β-unsaturated/α-hetero) is 1. The number of nitrogens with one attached hydrogen (secondary N) is 2. The number of rotatable bonds is 18. The number of hydrogen-bond acceptors (Lipinski definition) is 6. The van der Waals surface area contributed by atoms with Gasteiger partial charge in [-0.3, -0.25) is 14.4 Å². The molecular formula is C30H44N6O3. The highest BCUT2D eigenvalue weighted by atomic mass is 16.2. The highest BCUT2D eigenvalue weighted by Gasteiger charge is 2.17. The van der Waals surface area contributed by atoms with Crippen LogP contribution in [0.3, 0.4) is 0 Å². The van der Waals surface area contributed by atoms with Crippen molar-refractivity contribution in [2.24, 2.45) is 0 Å². The summed E-state index contributed by atoms with van der Waals surface area (Å²) in [6.45, 7) is 6.26. The molecule has 0 fully saturated rings. The van der Waals surface area contributed by atoms with Crippen molar-refractivity contribution >= 4 is 45.4 Å². The molecule has 0 aliphatic carbocycles. The summed E-state index contributed by atoms with van der Waals surface area (Å²) in [5.74, 6) is 1.19. The van der Waals surface area contributed by atoms with Gasteiger partial charge in [-0.2, -0.15) is 0 Å². The van der Waals surface area contributed by atoms with Gasteiger partial charge in [0.1, 0.15) is 17.1 Å². The number of amides is 2. The van der Waals surface area contributed by atoms with Gasteiger partial charge in [-0.15, -0.1) is 0 Å². The fourth-order valence-electron chi connectivity index (χ4n) is 4.70. The van der Waals surface area contributed by atoms with Crippen molar-refractivity contribution in [2.75, 3.05) is 18.8 Å². The Kier molecular flexibility index (Phi) is 12.2. The lowest BCUT2D eigenvalue weighted by Crippen LogP contribution is -2.26. The van der Waals surface area contributed by atoms with Gasteiger partial charge in [0.05, 0.1) is 11.0 Å². The number of hydrogen-bond donors (Lipinski definition) is 3. The molecule has 0 bridgehead atoms. The zero-order valence-corrected chi connectivity index (χ0v) is 23.6. The first kappa shape index (κ1) is 30.1. The molecule has 3 aromatic rings. The summed E-state index contributed by atoms with van der Waals surface area (Å²) in [5, 5.41) is 6.80. The molecule has 2 amide bonds. The normalized spacial score (nSPS) is 11.2. The monoisotopic (exact) mass is 536 g/mol. The minimum absolute atomic E-state index is 0.0542. The third-order valence-corrected chi connectivity index (χ3v) is 6.94. The molecule has 9 heteroatoms. The van der Waals surface area contributed by atoms with Gasteiger partial charge in [0.25, 0.3) is 0 Å². The predicted octanol–water partition coefficient (Wildman–Crippen LogP) is 4.84. The Morgan fingerprint density at radius 2 is 1.46 bits per heavy atom. The second-order valence-corrected chi connectivity index (χ2v) is 10.1. The van der Waals surface area contributed by atoms with Gasteiger partial charge in [-0.1, -0.05) is 51.3 Å². The summed E-state index contributed by atoms with van der Waals surface area (Å²) >= 11 is 0. The Hall–Kier alpha value is -3.49. The molecule has 0 atom stereocenters. The molecule has 3 rings (SSSR count). The van der Waals surface area contributed by atoms with E-state index in [-0.39, 0.29) is 43.3 Å². The summed E-state index contributed by atoms with van der Waals surface area (Å²) in [7, 11) is 0. The fraction of sp³-hybridized carbons (Fsp3) is 0.567. The number of aryl methyl sites for hydroxylation is 2. The smallest absolute Gasteiger partial charge is 0.220 e. The number of carbonyl (C=O) groups is 3. The first-order valence-electron chi connectivity index (χ1n) is 14.5. The largest absolute Gasteiger partial charge is 0.382 e. The van der Waals surface area contributed by atoms with E-state index in [4.69, 9.17) is 10.7 Å². The van der Waals surface area contributed by atoms with E-state index in [9.17, 15) is 14.4 Å². The van der Waals surface area contributed by atoms with Crippen LogP contribution in [0.4, 0.5) is 5.82 Å². The van der Waals surface area contributed by atoms with Crippen molar-refractivity contribution < 1.29 is 14.4 Å². The maximum Gasteiger partial charge on any atom is 0.220 e. The Morgan fingerprint density at radius 3 is 2.13 bits per heavy atom. The zero-order chi connectivity index (χ0) is 28.0. The fourth-order valence-corrected chi connectivity index (χ4v) is 4.70. The summed E-state index contributed by atoms with van der Waals surface area (Å²) < 4.78 is 2.27. The number of imidazole rings is 1. The average Bonchev–Trinajstić information content (AvgIpc) is 3.31.